The van der Waals surface area contributed by atoms with Crippen LogP contribution in [0.25, 0.3) is 0 Å². The highest BCUT2D eigenvalue weighted by atomic mass is 35.5. The van der Waals surface area contributed by atoms with Crippen LogP contribution in [0, 0.1) is 0 Å². The lowest BCUT2D eigenvalue weighted by Gasteiger charge is -2.11. The van der Waals surface area contributed by atoms with E-state index >= 15 is 0 Å². The summed E-state index contributed by atoms with van der Waals surface area (Å²) in [7, 11) is 0. The quantitative estimate of drug-likeness (QED) is 0.295. The van der Waals surface area contributed by atoms with Crippen molar-refractivity contribution >= 4 is 58.2 Å². The molecule has 4 rings (SSSR count). The molecule has 8 heteroatoms. The number of para-hydroxylation sites is 2. The third-order valence-corrected chi connectivity index (χ3v) is 5.66. The molecule has 0 aliphatic heterocycles. The molecule has 0 saturated heterocycles. The summed E-state index contributed by atoms with van der Waals surface area (Å²) in [6, 6.07) is 25.0. The van der Waals surface area contributed by atoms with E-state index in [1.54, 1.807) is 0 Å². The molecule has 5 nitrogen and oxygen atoms in total. The van der Waals surface area contributed by atoms with Gasteiger partial charge in [0, 0.05) is 27.2 Å². The molecule has 0 radical (unpaired) electrons. The average molecular weight is 454 g/mol. The Morgan fingerprint density at radius 1 is 0.633 bits per heavy atom. The predicted molar refractivity (Wildman–Crippen MR) is 125 cm³/mol. The van der Waals surface area contributed by atoms with Crippen LogP contribution < -0.4 is 10.6 Å². The number of anilines is 4. The van der Waals surface area contributed by atoms with Gasteiger partial charge in [-0.3, -0.25) is 0 Å². The fourth-order valence-electron chi connectivity index (χ4n) is 2.64. The highest BCUT2D eigenvalue weighted by Crippen LogP contribution is 2.31. The summed E-state index contributed by atoms with van der Waals surface area (Å²) in [5, 5.41) is 8.24. The van der Waals surface area contributed by atoms with Crippen molar-refractivity contribution in [2.75, 3.05) is 10.6 Å². The van der Waals surface area contributed by atoms with E-state index in [1.165, 1.54) is 11.8 Å². The van der Waals surface area contributed by atoms with Gasteiger partial charge in [-0.15, -0.1) is 0 Å². The largest absolute Gasteiger partial charge is 0.324 e. The third kappa shape index (κ3) is 5.42. The summed E-state index contributed by atoms with van der Waals surface area (Å²) in [6.07, 6.45) is 0. The molecule has 0 aliphatic rings. The summed E-state index contributed by atoms with van der Waals surface area (Å²) in [5.74, 6) is 1.43. The number of nitrogens with zero attached hydrogens (tertiary/aromatic N) is 3. The first-order chi connectivity index (χ1) is 14.7. The van der Waals surface area contributed by atoms with E-state index in [1.807, 2.05) is 78.9 Å². The van der Waals surface area contributed by atoms with Gasteiger partial charge in [0.2, 0.25) is 11.9 Å². The minimum atomic E-state index is 0.447. The standard InChI is InChI=1S/C22H17Cl2N5S/c23-18-12-7-13-19(24)17(18)14-30-22-28-20(25-15-8-3-1-4-9-15)27-21(29-22)26-16-10-5-2-6-11-16/h1-13H,14H2,(H2,25,26,27,28,29). The van der Waals surface area contributed by atoms with Gasteiger partial charge in [-0.25, -0.2) is 0 Å². The lowest BCUT2D eigenvalue weighted by Crippen LogP contribution is -2.05. The molecule has 0 bridgehead atoms. The first-order valence-corrected chi connectivity index (χ1v) is 10.9. The molecule has 1 heterocycles. The second-order valence-corrected chi connectivity index (χ2v) is 7.99. The van der Waals surface area contributed by atoms with Crippen molar-refractivity contribution in [2.24, 2.45) is 0 Å². The smallest absolute Gasteiger partial charge is 0.233 e. The van der Waals surface area contributed by atoms with Gasteiger partial charge in [0.15, 0.2) is 5.16 Å². The topological polar surface area (TPSA) is 62.7 Å². The van der Waals surface area contributed by atoms with Gasteiger partial charge >= 0.3 is 0 Å². The highest BCUT2D eigenvalue weighted by Gasteiger charge is 2.11. The van der Waals surface area contributed by atoms with Crippen LogP contribution in [-0.2, 0) is 5.75 Å². The Hall–Kier alpha value is -2.80. The van der Waals surface area contributed by atoms with E-state index in [0.717, 1.165) is 16.9 Å². The molecule has 0 spiro atoms. The minimum Gasteiger partial charge on any atom is -0.324 e. The normalized spacial score (nSPS) is 10.6. The number of benzene rings is 3. The first-order valence-electron chi connectivity index (χ1n) is 9.13. The van der Waals surface area contributed by atoms with E-state index < -0.39 is 0 Å². The molecule has 1 aromatic heterocycles. The number of nitrogens with one attached hydrogen (secondary N) is 2. The van der Waals surface area contributed by atoms with Crippen LogP contribution in [0.3, 0.4) is 0 Å². The van der Waals surface area contributed by atoms with Crippen molar-refractivity contribution in [1.82, 2.24) is 15.0 Å². The summed E-state index contributed by atoms with van der Waals surface area (Å²) in [6.45, 7) is 0. The maximum absolute atomic E-state index is 6.30. The van der Waals surface area contributed by atoms with Gasteiger partial charge < -0.3 is 10.6 Å². The maximum Gasteiger partial charge on any atom is 0.233 e. The number of halogens is 2. The van der Waals surface area contributed by atoms with E-state index in [4.69, 9.17) is 23.2 Å². The zero-order chi connectivity index (χ0) is 20.8. The molecule has 4 aromatic rings. The first kappa shape index (κ1) is 20.5. The Morgan fingerprint density at radius 2 is 1.13 bits per heavy atom. The van der Waals surface area contributed by atoms with Crippen molar-refractivity contribution in [2.45, 2.75) is 10.9 Å². The monoisotopic (exact) mass is 453 g/mol. The van der Waals surface area contributed by atoms with Gasteiger partial charge in [0.05, 0.1) is 0 Å². The van der Waals surface area contributed by atoms with E-state index in [9.17, 15) is 0 Å². The van der Waals surface area contributed by atoms with Gasteiger partial charge in [-0.2, -0.15) is 15.0 Å². The number of thioether (sulfide) groups is 1. The zero-order valence-corrected chi connectivity index (χ0v) is 18.0. The molecular weight excluding hydrogens is 437 g/mol. The van der Waals surface area contributed by atoms with E-state index in [0.29, 0.717) is 32.9 Å². The lowest BCUT2D eigenvalue weighted by molar-refractivity contribution is 0.920. The summed E-state index contributed by atoms with van der Waals surface area (Å²) in [5.41, 5.74) is 2.63. The highest BCUT2D eigenvalue weighted by molar-refractivity contribution is 7.98. The number of hydrogen-bond donors (Lipinski definition) is 2. The Balaban J connectivity index is 1.60. The fourth-order valence-corrected chi connectivity index (χ4v) is 4.22. The molecule has 0 amide bonds. The van der Waals surface area contributed by atoms with Crippen LogP contribution in [0.4, 0.5) is 23.3 Å². The molecule has 0 aliphatic carbocycles. The second kappa shape index (κ2) is 9.80. The number of hydrogen-bond acceptors (Lipinski definition) is 6. The van der Waals surface area contributed by atoms with E-state index in [-0.39, 0.29) is 0 Å². The molecule has 2 N–H and O–H groups in total. The molecule has 30 heavy (non-hydrogen) atoms. The summed E-state index contributed by atoms with van der Waals surface area (Å²) in [4.78, 5) is 13.6. The molecule has 0 saturated carbocycles. The molecule has 0 fully saturated rings. The SMILES string of the molecule is Clc1cccc(Cl)c1CSc1nc(Nc2ccccc2)nc(Nc2ccccc2)n1. The number of rotatable bonds is 7. The van der Waals surface area contributed by atoms with Gasteiger partial charge in [0.25, 0.3) is 0 Å². The van der Waals surface area contributed by atoms with Gasteiger partial charge in [-0.1, -0.05) is 77.4 Å². The van der Waals surface area contributed by atoms with Crippen molar-refractivity contribution in [3.8, 4) is 0 Å². The second-order valence-electron chi connectivity index (χ2n) is 6.24. The lowest BCUT2D eigenvalue weighted by atomic mass is 10.2. The Kier molecular flexibility index (Phi) is 6.69. The fraction of sp³-hybridized carbons (Fsp3) is 0.0455. The zero-order valence-electron chi connectivity index (χ0n) is 15.7. The predicted octanol–water partition coefficient (Wildman–Crippen LogP) is 6.96. The van der Waals surface area contributed by atoms with Crippen molar-refractivity contribution in [3.63, 3.8) is 0 Å². The maximum atomic E-state index is 6.30. The van der Waals surface area contributed by atoms with Crippen LogP contribution in [0.1, 0.15) is 5.56 Å². The Bertz CT molecular complexity index is 1050. The molecule has 150 valence electrons. The van der Waals surface area contributed by atoms with Crippen LogP contribution in [0.2, 0.25) is 10.0 Å². The Labute approximate surface area is 188 Å². The van der Waals surface area contributed by atoms with E-state index in [2.05, 4.69) is 25.6 Å². The minimum absolute atomic E-state index is 0.447. The summed E-state index contributed by atoms with van der Waals surface area (Å²) >= 11 is 14.0. The van der Waals surface area contributed by atoms with Crippen LogP contribution in [0.5, 0.6) is 0 Å². The van der Waals surface area contributed by atoms with Crippen molar-refractivity contribution < 1.29 is 0 Å². The van der Waals surface area contributed by atoms with Gasteiger partial charge in [0.1, 0.15) is 0 Å². The average Bonchev–Trinajstić information content (AvgIpc) is 2.75. The van der Waals surface area contributed by atoms with Crippen LogP contribution in [0.15, 0.2) is 84.0 Å². The molecule has 0 unspecified atom stereocenters. The Morgan fingerprint density at radius 3 is 1.63 bits per heavy atom. The number of aromatic nitrogens is 3. The summed E-state index contributed by atoms with van der Waals surface area (Å²) < 4.78 is 0. The molecule has 3 aromatic carbocycles. The van der Waals surface area contributed by atoms with Crippen LogP contribution in [-0.4, -0.2) is 15.0 Å². The molecule has 0 atom stereocenters. The molecular formula is C22H17Cl2N5S. The van der Waals surface area contributed by atoms with Crippen LogP contribution >= 0.6 is 35.0 Å². The third-order valence-electron chi connectivity index (χ3n) is 4.08. The van der Waals surface area contributed by atoms with Crippen molar-refractivity contribution in [3.05, 3.63) is 94.5 Å². The van der Waals surface area contributed by atoms with Gasteiger partial charge in [-0.05, 0) is 42.0 Å². The van der Waals surface area contributed by atoms with Crippen molar-refractivity contribution in [1.29, 1.82) is 0 Å².